The third kappa shape index (κ3) is 5.01. The minimum atomic E-state index is -0.118. The van der Waals surface area contributed by atoms with Crippen molar-refractivity contribution in [3.05, 3.63) is 12.2 Å². The van der Waals surface area contributed by atoms with Gasteiger partial charge in [0.25, 0.3) is 0 Å². The molecular formula is C13H23NO. The zero-order valence-corrected chi connectivity index (χ0v) is 10.2. The molecule has 0 spiro atoms. The van der Waals surface area contributed by atoms with Gasteiger partial charge in [0.05, 0.1) is 5.92 Å². The molecule has 0 aromatic heterocycles. The summed E-state index contributed by atoms with van der Waals surface area (Å²) >= 11 is 0. The number of amides is 1. The minimum Gasteiger partial charge on any atom is -0.351 e. The molecule has 1 atom stereocenters. The lowest BCUT2D eigenvalue weighted by molar-refractivity contribution is -0.125. The molecule has 0 radical (unpaired) electrons. The monoisotopic (exact) mass is 209 g/mol. The van der Waals surface area contributed by atoms with Gasteiger partial charge in [-0.25, -0.2) is 0 Å². The molecule has 0 aromatic carbocycles. The highest BCUT2D eigenvalue weighted by Gasteiger charge is 2.20. The van der Waals surface area contributed by atoms with Crippen LogP contribution in [0.15, 0.2) is 12.2 Å². The predicted octanol–water partition coefficient (Wildman–Crippen LogP) is 3.04. The van der Waals surface area contributed by atoms with E-state index in [1.807, 2.05) is 20.8 Å². The number of carbonyl (C=O) groups is 1. The fourth-order valence-corrected chi connectivity index (χ4v) is 1.84. The van der Waals surface area contributed by atoms with E-state index in [0.717, 1.165) is 12.8 Å². The van der Waals surface area contributed by atoms with Crippen LogP contribution in [0.3, 0.4) is 0 Å². The molecule has 0 fully saturated rings. The van der Waals surface area contributed by atoms with Crippen molar-refractivity contribution in [2.45, 2.75) is 58.4 Å². The molecule has 1 aliphatic carbocycles. The fraction of sp³-hybridized carbons (Fsp3) is 0.769. The summed E-state index contributed by atoms with van der Waals surface area (Å²) in [7, 11) is 0. The molecule has 0 heterocycles. The van der Waals surface area contributed by atoms with Gasteiger partial charge < -0.3 is 5.32 Å². The Bertz CT molecular complexity index is 237. The van der Waals surface area contributed by atoms with Crippen molar-refractivity contribution in [1.29, 1.82) is 0 Å². The minimum absolute atomic E-state index is 0.0875. The Kier molecular flexibility index (Phi) is 4.37. The summed E-state index contributed by atoms with van der Waals surface area (Å²) in [5.41, 5.74) is -0.118. The molecule has 1 N–H and O–H groups in total. The summed E-state index contributed by atoms with van der Waals surface area (Å²) in [6, 6.07) is 0. The van der Waals surface area contributed by atoms with Crippen molar-refractivity contribution in [2.24, 2.45) is 5.92 Å². The average Bonchev–Trinajstić information content (AvgIpc) is 1.98. The van der Waals surface area contributed by atoms with E-state index in [-0.39, 0.29) is 17.4 Å². The SMILES string of the molecule is CC(C)(C)NC(=O)C1/C=C/CCCCC1. The Balaban J connectivity index is 2.52. The highest BCUT2D eigenvalue weighted by atomic mass is 16.2. The van der Waals surface area contributed by atoms with Crippen molar-refractivity contribution < 1.29 is 4.79 Å². The normalized spacial score (nSPS) is 25.1. The first kappa shape index (κ1) is 12.3. The molecule has 86 valence electrons. The fourth-order valence-electron chi connectivity index (χ4n) is 1.84. The van der Waals surface area contributed by atoms with Crippen LogP contribution >= 0.6 is 0 Å². The summed E-state index contributed by atoms with van der Waals surface area (Å²) in [6.45, 7) is 6.08. The highest BCUT2D eigenvalue weighted by molar-refractivity contribution is 5.81. The largest absolute Gasteiger partial charge is 0.351 e. The molecule has 0 saturated carbocycles. The van der Waals surface area contributed by atoms with Gasteiger partial charge in [0.1, 0.15) is 0 Å². The van der Waals surface area contributed by atoms with Crippen LogP contribution in [0.1, 0.15) is 52.9 Å². The molecule has 2 nitrogen and oxygen atoms in total. The number of carbonyl (C=O) groups excluding carboxylic acids is 1. The summed E-state index contributed by atoms with van der Waals surface area (Å²) in [5, 5.41) is 3.05. The third-order valence-electron chi connectivity index (χ3n) is 2.59. The molecule has 15 heavy (non-hydrogen) atoms. The number of hydrogen-bond donors (Lipinski definition) is 1. The molecule has 1 rings (SSSR count). The van der Waals surface area contributed by atoms with Crippen molar-refractivity contribution >= 4 is 5.91 Å². The maximum atomic E-state index is 11.9. The van der Waals surface area contributed by atoms with E-state index >= 15 is 0 Å². The lowest BCUT2D eigenvalue weighted by Crippen LogP contribution is -2.43. The topological polar surface area (TPSA) is 29.1 Å². The highest BCUT2D eigenvalue weighted by Crippen LogP contribution is 2.17. The molecule has 1 unspecified atom stereocenters. The summed E-state index contributed by atoms with van der Waals surface area (Å²) in [5.74, 6) is 0.269. The van der Waals surface area contributed by atoms with Gasteiger partial charge in [0, 0.05) is 5.54 Å². The van der Waals surface area contributed by atoms with E-state index in [1.165, 1.54) is 19.3 Å². The maximum Gasteiger partial charge on any atom is 0.227 e. The standard InChI is InChI=1S/C13H23NO/c1-13(2,3)14-12(15)11-9-7-5-4-6-8-10-11/h7,9,11H,4-6,8,10H2,1-3H3,(H,14,15)/b9-7+. The molecule has 1 amide bonds. The Morgan fingerprint density at radius 3 is 2.67 bits per heavy atom. The quantitative estimate of drug-likeness (QED) is 0.661. The van der Waals surface area contributed by atoms with Crippen LogP contribution in [0.4, 0.5) is 0 Å². The number of nitrogens with one attached hydrogen (secondary N) is 1. The van der Waals surface area contributed by atoms with Crippen molar-refractivity contribution in [1.82, 2.24) is 5.32 Å². The van der Waals surface area contributed by atoms with Gasteiger partial charge in [-0.2, -0.15) is 0 Å². The second-order valence-corrected chi connectivity index (χ2v) is 5.41. The lowest BCUT2D eigenvalue weighted by atomic mass is 9.95. The molecule has 1 aliphatic rings. The van der Waals surface area contributed by atoms with Gasteiger partial charge in [-0.1, -0.05) is 25.0 Å². The van der Waals surface area contributed by atoms with Crippen molar-refractivity contribution in [3.8, 4) is 0 Å². The lowest BCUT2D eigenvalue weighted by Gasteiger charge is -2.24. The molecular weight excluding hydrogens is 186 g/mol. The van der Waals surface area contributed by atoms with Gasteiger partial charge in [-0.15, -0.1) is 0 Å². The zero-order chi connectivity index (χ0) is 11.3. The average molecular weight is 209 g/mol. The first-order chi connectivity index (χ1) is 6.99. The molecule has 0 saturated heterocycles. The number of hydrogen-bond acceptors (Lipinski definition) is 1. The first-order valence-corrected chi connectivity index (χ1v) is 5.98. The van der Waals surface area contributed by atoms with Crippen LogP contribution in [0, 0.1) is 5.92 Å². The van der Waals surface area contributed by atoms with Gasteiger partial charge >= 0.3 is 0 Å². The van der Waals surface area contributed by atoms with Crippen LogP contribution in [0.5, 0.6) is 0 Å². The predicted molar refractivity (Wildman–Crippen MR) is 63.6 cm³/mol. The van der Waals surface area contributed by atoms with Crippen LogP contribution < -0.4 is 5.32 Å². The summed E-state index contributed by atoms with van der Waals surface area (Å²) < 4.78 is 0. The van der Waals surface area contributed by atoms with Gasteiger partial charge in [-0.05, 0) is 40.0 Å². The van der Waals surface area contributed by atoms with Gasteiger partial charge in [-0.3, -0.25) is 4.79 Å². The summed E-state index contributed by atoms with van der Waals surface area (Å²) in [4.78, 5) is 11.9. The number of allylic oxidation sites excluding steroid dienone is 1. The van der Waals surface area contributed by atoms with E-state index in [9.17, 15) is 4.79 Å². The Hall–Kier alpha value is -0.790. The van der Waals surface area contributed by atoms with Crippen LogP contribution in [0.25, 0.3) is 0 Å². The maximum absolute atomic E-state index is 11.9. The molecule has 0 aliphatic heterocycles. The molecule has 0 bridgehead atoms. The Morgan fingerprint density at radius 1 is 1.27 bits per heavy atom. The number of rotatable bonds is 1. The molecule has 2 heteroatoms. The Morgan fingerprint density at radius 2 is 2.00 bits per heavy atom. The van der Waals surface area contributed by atoms with Crippen molar-refractivity contribution in [2.75, 3.05) is 0 Å². The smallest absolute Gasteiger partial charge is 0.227 e. The third-order valence-corrected chi connectivity index (χ3v) is 2.59. The van der Waals surface area contributed by atoms with E-state index < -0.39 is 0 Å². The Labute approximate surface area is 93.1 Å². The van der Waals surface area contributed by atoms with Crippen molar-refractivity contribution in [3.63, 3.8) is 0 Å². The first-order valence-electron chi connectivity index (χ1n) is 5.98. The second kappa shape index (κ2) is 5.34. The zero-order valence-electron chi connectivity index (χ0n) is 10.2. The van der Waals surface area contributed by atoms with Gasteiger partial charge in [0.15, 0.2) is 0 Å². The van der Waals surface area contributed by atoms with E-state index in [4.69, 9.17) is 0 Å². The van der Waals surface area contributed by atoms with E-state index in [1.54, 1.807) is 0 Å². The van der Waals surface area contributed by atoms with Gasteiger partial charge in [0.2, 0.25) is 5.91 Å². The summed E-state index contributed by atoms with van der Waals surface area (Å²) in [6.07, 6.45) is 10.1. The van der Waals surface area contributed by atoms with Crippen LogP contribution in [0.2, 0.25) is 0 Å². The van der Waals surface area contributed by atoms with Crippen LogP contribution in [-0.2, 0) is 4.79 Å². The van der Waals surface area contributed by atoms with E-state index in [2.05, 4.69) is 17.5 Å². The second-order valence-electron chi connectivity index (χ2n) is 5.41. The van der Waals surface area contributed by atoms with Crippen LogP contribution in [-0.4, -0.2) is 11.4 Å². The molecule has 0 aromatic rings. The van der Waals surface area contributed by atoms with E-state index in [0.29, 0.717) is 0 Å².